The van der Waals surface area contributed by atoms with Gasteiger partial charge in [-0.3, -0.25) is 9.59 Å². The average molecular weight is 701 g/mol. The topological polar surface area (TPSA) is 130 Å². The van der Waals surface area contributed by atoms with Crippen molar-refractivity contribution in [1.29, 1.82) is 0 Å². The van der Waals surface area contributed by atoms with Crippen LogP contribution in [0.1, 0.15) is 94.8 Å². The molecule has 0 radical (unpaired) electrons. The molecule has 1 aliphatic heterocycles. The van der Waals surface area contributed by atoms with E-state index in [1.165, 1.54) is 0 Å². The van der Waals surface area contributed by atoms with Crippen LogP contribution in [0.15, 0.2) is 72.8 Å². The lowest BCUT2D eigenvalue weighted by Gasteiger charge is -2.26. The van der Waals surface area contributed by atoms with Gasteiger partial charge in [0.2, 0.25) is 12.6 Å². The van der Waals surface area contributed by atoms with E-state index in [-0.39, 0.29) is 36.0 Å². The lowest BCUT2D eigenvalue weighted by Crippen LogP contribution is -2.31. The maximum Gasteiger partial charge on any atom is 0.343 e. The Bertz CT molecular complexity index is 1590. The van der Waals surface area contributed by atoms with Crippen LogP contribution in [0.4, 0.5) is 0 Å². The Morgan fingerprint density at radius 3 is 1.67 bits per heavy atom. The van der Waals surface area contributed by atoms with Crippen molar-refractivity contribution in [3.8, 4) is 28.4 Å². The van der Waals surface area contributed by atoms with Crippen molar-refractivity contribution in [1.82, 2.24) is 0 Å². The summed E-state index contributed by atoms with van der Waals surface area (Å²) in [7, 11) is 0. The van der Waals surface area contributed by atoms with Crippen LogP contribution in [0, 0.1) is 11.8 Å². The Labute approximate surface area is 299 Å². The van der Waals surface area contributed by atoms with Gasteiger partial charge in [0.1, 0.15) is 17.2 Å². The molecule has 1 heterocycles. The molecule has 10 heteroatoms. The zero-order valence-electron chi connectivity index (χ0n) is 29.4. The molecule has 0 amide bonds. The first-order valence-electron chi connectivity index (χ1n) is 18.4. The third-order valence-electron chi connectivity index (χ3n) is 9.79. The molecule has 3 aromatic carbocycles. The Morgan fingerprint density at radius 1 is 0.647 bits per heavy atom. The number of carbonyl (C=O) groups excluding carboxylic acids is 3. The number of epoxide rings is 1. The van der Waals surface area contributed by atoms with Gasteiger partial charge in [-0.15, -0.1) is 0 Å². The van der Waals surface area contributed by atoms with Crippen molar-refractivity contribution in [3.05, 3.63) is 78.4 Å². The second kappa shape index (κ2) is 17.2. The van der Waals surface area contributed by atoms with Crippen molar-refractivity contribution in [3.63, 3.8) is 0 Å². The highest BCUT2D eigenvalue weighted by molar-refractivity contribution is 5.91. The van der Waals surface area contributed by atoms with Crippen LogP contribution in [0.25, 0.3) is 11.1 Å². The quantitative estimate of drug-likeness (QED) is 0.0726. The van der Waals surface area contributed by atoms with E-state index in [0.717, 1.165) is 43.2 Å². The third-order valence-corrected chi connectivity index (χ3v) is 9.79. The molecule has 272 valence electrons. The van der Waals surface area contributed by atoms with Crippen LogP contribution in [-0.4, -0.2) is 53.9 Å². The maximum atomic E-state index is 12.9. The fourth-order valence-electron chi connectivity index (χ4n) is 6.72. The molecule has 0 spiro atoms. The molecule has 6 rings (SSSR count). The largest absolute Gasteiger partial charge is 0.455 e. The molecule has 2 saturated carbocycles. The highest BCUT2D eigenvalue weighted by Crippen LogP contribution is 2.40. The van der Waals surface area contributed by atoms with Gasteiger partial charge < -0.3 is 33.5 Å². The van der Waals surface area contributed by atoms with Crippen molar-refractivity contribution in [2.24, 2.45) is 11.8 Å². The zero-order valence-corrected chi connectivity index (χ0v) is 29.4. The van der Waals surface area contributed by atoms with Gasteiger partial charge in [0.05, 0.1) is 35.7 Å². The fraction of sp³-hybridized carbons (Fsp3) is 0.488. The monoisotopic (exact) mass is 700 g/mol. The minimum absolute atomic E-state index is 0.131. The average Bonchev–Trinajstić information content (AvgIpc) is 3.92. The van der Waals surface area contributed by atoms with Crippen molar-refractivity contribution in [2.75, 3.05) is 0 Å². The number of benzene rings is 3. The molecule has 5 unspecified atom stereocenters. The molecule has 1 N–H and O–H groups in total. The molecule has 0 aromatic heterocycles. The van der Waals surface area contributed by atoms with E-state index in [0.29, 0.717) is 67.4 Å². The minimum atomic E-state index is -0.732. The molecule has 10 nitrogen and oxygen atoms in total. The van der Waals surface area contributed by atoms with Gasteiger partial charge in [-0.25, -0.2) is 4.79 Å². The van der Waals surface area contributed by atoms with Gasteiger partial charge in [0.25, 0.3) is 0 Å². The van der Waals surface area contributed by atoms with Crippen LogP contribution < -0.4 is 14.2 Å². The van der Waals surface area contributed by atoms with Crippen molar-refractivity contribution >= 4 is 17.9 Å². The van der Waals surface area contributed by atoms with Crippen LogP contribution in [-0.2, 0) is 23.8 Å². The van der Waals surface area contributed by atoms with Crippen LogP contribution in [0.2, 0.25) is 0 Å². The number of hydrogen-bond donors (Lipinski definition) is 1. The van der Waals surface area contributed by atoms with Crippen molar-refractivity contribution < 1.29 is 47.9 Å². The van der Waals surface area contributed by atoms with Crippen LogP contribution in [0.5, 0.6) is 17.2 Å². The first-order chi connectivity index (χ1) is 24.8. The van der Waals surface area contributed by atoms with Crippen molar-refractivity contribution in [2.45, 2.75) is 115 Å². The fourth-order valence-corrected chi connectivity index (χ4v) is 6.72. The molecule has 1 saturated heterocycles. The predicted molar refractivity (Wildman–Crippen MR) is 188 cm³/mol. The molecular weight excluding hydrogens is 652 g/mol. The number of aliphatic hydroxyl groups is 1. The minimum Gasteiger partial charge on any atom is -0.455 e. The number of esters is 3. The second-order valence-electron chi connectivity index (χ2n) is 13.7. The Hall–Kier alpha value is -4.41. The Balaban J connectivity index is 0.978. The zero-order chi connectivity index (χ0) is 35.7. The predicted octanol–water partition coefficient (Wildman–Crippen LogP) is 7.79. The van der Waals surface area contributed by atoms with E-state index in [2.05, 4.69) is 0 Å². The number of aliphatic hydroxyl groups excluding tert-OH is 1. The van der Waals surface area contributed by atoms with E-state index in [1.807, 2.05) is 50.2 Å². The van der Waals surface area contributed by atoms with E-state index in [4.69, 9.17) is 28.4 Å². The van der Waals surface area contributed by atoms with Gasteiger partial charge in [-0.05, 0) is 117 Å². The lowest BCUT2D eigenvalue weighted by atomic mass is 9.87. The third kappa shape index (κ3) is 10.1. The lowest BCUT2D eigenvalue weighted by molar-refractivity contribution is -0.172. The number of fused-ring (bicyclic) bond motifs is 1. The highest BCUT2D eigenvalue weighted by atomic mass is 16.7. The van der Waals surface area contributed by atoms with Gasteiger partial charge in [-0.2, -0.15) is 0 Å². The van der Waals surface area contributed by atoms with E-state index in [9.17, 15) is 19.5 Å². The SMILES string of the molecule is CCCC(OC(=O)C1CCC(O)CC1)Oc1ccc(C(=O)Oc2ccc(-c3ccc(OC(CCC)OC(=O)C4CCC5OC5C4)cc3)cc2)cc1. The van der Waals surface area contributed by atoms with E-state index >= 15 is 0 Å². The van der Waals surface area contributed by atoms with Gasteiger partial charge >= 0.3 is 17.9 Å². The summed E-state index contributed by atoms with van der Waals surface area (Å²) in [5.41, 5.74) is 2.23. The van der Waals surface area contributed by atoms with E-state index < -0.39 is 18.5 Å². The molecule has 2 aliphatic carbocycles. The summed E-state index contributed by atoms with van der Waals surface area (Å²) in [5.74, 6) is 0.124. The summed E-state index contributed by atoms with van der Waals surface area (Å²) in [6, 6.07) is 21.3. The normalized spacial score (nSPS) is 23.5. The number of hydrogen-bond acceptors (Lipinski definition) is 10. The van der Waals surface area contributed by atoms with Crippen LogP contribution >= 0.6 is 0 Å². The standard InChI is InChI=1S/C41H48O10/c1-3-5-37(50-40(44)28-7-16-31(42)17-8-28)47-33-22-13-29(14-23-33)39(43)48-34-20-11-27(12-21-34)26-9-18-32(19-10-26)46-38(6-4-2)51-41(45)30-15-24-35-36(25-30)49-35/h9-14,18-23,28,30-31,35-38,42H,3-8,15-17,24-25H2,1-2H3. The molecule has 3 aliphatic rings. The number of ether oxygens (including phenoxy) is 6. The number of carbonyl (C=O) groups is 3. The summed E-state index contributed by atoms with van der Waals surface area (Å²) in [6.07, 6.45) is 6.41. The first kappa shape index (κ1) is 36.4. The molecule has 51 heavy (non-hydrogen) atoms. The Morgan fingerprint density at radius 2 is 1.14 bits per heavy atom. The molecule has 0 bridgehead atoms. The smallest absolute Gasteiger partial charge is 0.343 e. The second-order valence-corrected chi connectivity index (χ2v) is 13.7. The first-order valence-corrected chi connectivity index (χ1v) is 18.4. The Kier molecular flexibility index (Phi) is 12.3. The summed E-state index contributed by atoms with van der Waals surface area (Å²) < 4.78 is 34.6. The summed E-state index contributed by atoms with van der Waals surface area (Å²) in [4.78, 5) is 38.4. The van der Waals surface area contributed by atoms with E-state index in [1.54, 1.807) is 36.4 Å². The summed E-state index contributed by atoms with van der Waals surface area (Å²) in [6.45, 7) is 4.01. The molecule has 3 fully saturated rings. The maximum absolute atomic E-state index is 12.9. The highest BCUT2D eigenvalue weighted by Gasteiger charge is 2.46. The van der Waals surface area contributed by atoms with Gasteiger partial charge in [0.15, 0.2) is 0 Å². The molecular formula is C41H48O10. The molecule has 3 aromatic rings. The number of rotatable bonds is 15. The van der Waals surface area contributed by atoms with Gasteiger partial charge in [0, 0.05) is 12.8 Å². The summed E-state index contributed by atoms with van der Waals surface area (Å²) in [5, 5.41) is 9.73. The summed E-state index contributed by atoms with van der Waals surface area (Å²) >= 11 is 0. The van der Waals surface area contributed by atoms with Gasteiger partial charge in [-0.1, -0.05) is 38.1 Å². The van der Waals surface area contributed by atoms with Crippen LogP contribution in [0.3, 0.4) is 0 Å². The molecule has 5 atom stereocenters.